The molecule has 2 rings (SSSR count). The zero-order valence-electron chi connectivity index (χ0n) is 13.2. The highest BCUT2D eigenvalue weighted by molar-refractivity contribution is 5.66. The first kappa shape index (κ1) is 15.7. The van der Waals surface area contributed by atoms with Gasteiger partial charge in [0.2, 0.25) is 0 Å². The lowest BCUT2D eigenvalue weighted by Crippen LogP contribution is -2.69. The summed E-state index contributed by atoms with van der Waals surface area (Å²) in [6.07, 6.45) is 5.31. The monoisotopic (exact) mass is 283 g/mol. The fourth-order valence-corrected chi connectivity index (χ4v) is 4.39. The Balaban J connectivity index is 2.26. The molecule has 2 saturated carbocycles. The van der Waals surface area contributed by atoms with Gasteiger partial charge in [-0.2, -0.15) is 0 Å². The number of carbonyl (C=O) groups excluding carboxylic acids is 1. The molecule has 116 valence electrons. The number of carbonyl (C=O) groups is 1. The van der Waals surface area contributed by atoms with Crippen LogP contribution < -0.4 is 16.0 Å². The molecule has 5 heteroatoms. The number of fused-ring (bicyclic) bond motifs is 1. The maximum atomic E-state index is 11.4. The summed E-state index contributed by atoms with van der Waals surface area (Å²) in [4.78, 5) is 11.4. The molecular formula is C15H29N3O2. The second-order valence-corrected chi connectivity index (χ2v) is 6.23. The van der Waals surface area contributed by atoms with Crippen molar-refractivity contribution in [3.63, 3.8) is 0 Å². The summed E-state index contributed by atoms with van der Waals surface area (Å²) in [5.41, 5.74) is -0.0784. The molecule has 5 nitrogen and oxygen atoms in total. The third kappa shape index (κ3) is 2.71. The SMILES string of the molecule is CNC1CCC2(NC)C(OC(C)=O)CCC(NC)C2C1. The molecule has 0 spiro atoms. The zero-order valence-corrected chi connectivity index (χ0v) is 13.2. The van der Waals surface area contributed by atoms with E-state index in [0.717, 1.165) is 32.1 Å². The van der Waals surface area contributed by atoms with Gasteiger partial charge in [-0.05, 0) is 59.2 Å². The number of nitrogens with one attached hydrogen (secondary N) is 3. The van der Waals surface area contributed by atoms with Gasteiger partial charge in [0.05, 0.1) is 5.54 Å². The molecule has 0 bridgehead atoms. The van der Waals surface area contributed by atoms with Gasteiger partial charge >= 0.3 is 5.97 Å². The van der Waals surface area contributed by atoms with Crippen LogP contribution in [0.1, 0.15) is 39.0 Å². The van der Waals surface area contributed by atoms with Gasteiger partial charge in [0.1, 0.15) is 6.10 Å². The van der Waals surface area contributed by atoms with Crippen molar-refractivity contribution < 1.29 is 9.53 Å². The molecule has 0 aromatic heterocycles. The van der Waals surface area contributed by atoms with Crippen LogP contribution in [0.5, 0.6) is 0 Å². The molecule has 0 amide bonds. The predicted molar refractivity (Wildman–Crippen MR) is 79.6 cm³/mol. The number of hydrogen-bond donors (Lipinski definition) is 3. The van der Waals surface area contributed by atoms with Crippen molar-refractivity contribution in [2.24, 2.45) is 5.92 Å². The van der Waals surface area contributed by atoms with Crippen LogP contribution >= 0.6 is 0 Å². The predicted octanol–water partition coefficient (Wildman–Crippen LogP) is 0.646. The normalized spacial score (nSPS) is 41.0. The van der Waals surface area contributed by atoms with E-state index in [4.69, 9.17) is 4.74 Å². The second-order valence-electron chi connectivity index (χ2n) is 6.23. The highest BCUT2D eigenvalue weighted by Crippen LogP contribution is 2.45. The standard InChI is InChI=1S/C15H29N3O2/c1-10(19)20-14-6-5-13(17-3)12-9-11(16-2)7-8-15(12,14)18-4/h11-14,16-18H,5-9H2,1-4H3. The summed E-state index contributed by atoms with van der Waals surface area (Å²) in [7, 11) is 6.10. The van der Waals surface area contributed by atoms with E-state index in [1.165, 1.54) is 6.92 Å². The number of ether oxygens (including phenoxy) is 1. The van der Waals surface area contributed by atoms with Crippen molar-refractivity contribution >= 4 is 5.97 Å². The minimum absolute atomic E-state index is 0.00240. The van der Waals surface area contributed by atoms with Crippen LogP contribution in [0, 0.1) is 5.92 Å². The van der Waals surface area contributed by atoms with E-state index >= 15 is 0 Å². The minimum Gasteiger partial charge on any atom is -0.461 e. The molecule has 2 aliphatic carbocycles. The highest BCUT2D eigenvalue weighted by Gasteiger charge is 2.54. The molecule has 3 N–H and O–H groups in total. The first-order valence-corrected chi connectivity index (χ1v) is 7.78. The lowest BCUT2D eigenvalue weighted by Gasteiger charge is -2.56. The molecule has 0 saturated heterocycles. The Morgan fingerprint density at radius 2 is 1.90 bits per heavy atom. The summed E-state index contributed by atoms with van der Waals surface area (Å²) >= 11 is 0. The van der Waals surface area contributed by atoms with Crippen LogP contribution in [0.4, 0.5) is 0 Å². The molecule has 0 aromatic rings. The first-order valence-electron chi connectivity index (χ1n) is 7.78. The molecule has 0 aliphatic heterocycles. The van der Waals surface area contributed by atoms with Crippen molar-refractivity contribution in [2.75, 3.05) is 21.1 Å². The van der Waals surface area contributed by atoms with Crippen molar-refractivity contribution in [2.45, 2.75) is 62.8 Å². The summed E-state index contributed by atoms with van der Waals surface area (Å²) in [5.74, 6) is 0.323. The Morgan fingerprint density at radius 1 is 1.15 bits per heavy atom. The molecular weight excluding hydrogens is 254 g/mol. The Hall–Kier alpha value is -0.650. The van der Waals surface area contributed by atoms with Crippen molar-refractivity contribution in [3.8, 4) is 0 Å². The summed E-state index contributed by atoms with van der Waals surface area (Å²) in [5, 5.41) is 10.4. The average molecular weight is 283 g/mol. The minimum atomic E-state index is -0.165. The maximum absolute atomic E-state index is 11.4. The van der Waals surface area contributed by atoms with E-state index in [1.54, 1.807) is 0 Å². The van der Waals surface area contributed by atoms with E-state index in [1.807, 2.05) is 21.1 Å². The zero-order chi connectivity index (χ0) is 14.8. The summed E-state index contributed by atoms with van der Waals surface area (Å²) in [6.45, 7) is 1.52. The number of likely N-dealkylation sites (N-methyl/N-ethyl adjacent to an activating group) is 1. The quantitative estimate of drug-likeness (QED) is 0.661. The highest BCUT2D eigenvalue weighted by atomic mass is 16.5. The molecule has 5 unspecified atom stereocenters. The van der Waals surface area contributed by atoms with Crippen LogP contribution in [0.3, 0.4) is 0 Å². The Bertz CT molecular complexity index is 350. The van der Waals surface area contributed by atoms with E-state index in [0.29, 0.717) is 18.0 Å². The average Bonchev–Trinajstić information content (AvgIpc) is 2.46. The van der Waals surface area contributed by atoms with Gasteiger partial charge in [-0.25, -0.2) is 0 Å². The lowest BCUT2D eigenvalue weighted by molar-refractivity contribution is -0.159. The number of rotatable bonds is 4. The van der Waals surface area contributed by atoms with Gasteiger partial charge < -0.3 is 20.7 Å². The smallest absolute Gasteiger partial charge is 0.302 e. The topological polar surface area (TPSA) is 62.4 Å². The Labute approximate surface area is 122 Å². The van der Waals surface area contributed by atoms with Crippen LogP contribution in [0.2, 0.25) is 0 Å². The van der Waals surface area contributed by atoms with Gasteiger partial charge in [-0.1, -0.05) is 0 Å². The van der Waals surface area contributed by atoms with Crippen LogP contribution in [0.15, 0.2) is 0 Å². The molecule has 2 aliphatic rings. The molecule has 5 atom stereocenters. The molecule has 2 fully saturated rings. The number of hydrogen-bond acceptors (Lipinski definition) is 5. The molecule has 0 aromatic carbocycles. The van der Waals surface area contributed by atoms with E-state index in [9.17, 15) is 4.79 Å². The van der Waals surface area contributed by atoms with Crippen LogP contribution in [0.25, 0.3) is 0 Å². The Morgan fingerprint density at radius 3 is 2.45 bits per heavy atom. The molecule has 0 heterocycles. The van der Waals surface area contributed by atoms with Gasteiger partial charge in [0, 0.05) is 19.0 Å². The fraction of sp³-hybridized carbons (Fsp3) is 0.933. The second kappa shape index (κ2) is 6.41. The third-order valence-corrected chi connectivity index (χ3v) is 5.46. The van der Waals surface area contributed by atoms with E-state index < -0.39 is 0 Å². The van der Waals surface area contributed by atoms with Crippen molar-refractivity contribution in [1.82, 2.24) is 16.0 Å². The lowest BCUT2D eigenvalue weighted by atomic mass is 9.60. The number of esters is 1. The van der Waals surface area contributed by atoms with Gasteiger partial charge in [0.25, 0.3) is 0 Å². The van der Waals surface area contributed by atoms with E-state index in [2.05, 4.69) is 16.0 Å². The first-order chi connectivity index (χ1) is 9.57. The summed E-state index contributed by atoms with van der Waals surface area (Å²) < 4.78 is 5.67. The third-order valence-electron chi connectivity index (χ3n) is 5.46. The molecule has 20 heavy (non-hydrogen) atoms. The Kier molecular flexibility index (Phi) is 5.04. The largest absolute Gasteiger partial charge is 0.461 e. The van der Waals surface area contributed by atoms with Crippen molar-refractivity contribution in [3.05, 3.63) is 0 Å². The summed E-state index contributed by atoms with van der Waals surface area (Å²) in [6, 6.07) is 1.05. The molecule has 0 radical (unpaired) electrons. The fourth-order valence-electron chi connectivity index (χ4n) is 4.39. The van der Waals surface area contributed by atoms with Gasteiger partial charge in [-0.3, -0.25) is 4.79 Å². The van der Waals surface area contributed by atoms with E-state index in [-0.39, 0.29) is 17.6 Å². The van der Waals surface area contributed by atoms with Crippen molar-refractivity contribution in [1.29, 1.82) is 0 Å². The van der Waals surface area contributed by atoms with Crippen LogP contribution in [-0.4, -0.2) is 50.8 Å². The maximum Gasteiger partial charge on any atom is 0.302 e. The van der Waals surface area contributed by atoms with Crippen LogP contribution in [-0.2, 0) is 9.53 Å². The van der Waals surface area contributed by atoms with Gasteiger partial charge in [-0.15, -0.1) is 0 Å². The van der Waals surface area contributed by atoms with Gasteiger partial charge in [0.15, 0.2) is 0 Å².